The lowest BCUT2D eigenvalue weighted by molar-refractivity contribution is -0.132. The molecule has 0 bridgehead atoms. The first-order valence-corrected chi connectivity index (χ1v) is 7.82. The van der Waals surface area contributed by atoms with E-state index < -0.39 is 0 Å². The van der Waals surface area contributed by atoms with Gasteiger partial charge >= 0.3 is 0 Å². The van der Waals surface area contributed by atoms with Crippen LogP contribution in [0, 0.1) is 0 Å². The number of nitrogens with zero attached hydrogens (tertiary/aromatic N) is 1. The van der Waals surface area contributed by atoms with Crippen molar-refractivity contribution in [3.63, 3.8) is 0 Å². The molecule has 0 unspecified atom stereocenters. The van der Waals surface area contributed by atoms with Gasteiger partial charge in [0.25, 0.3) is 0 Å². The standard InChI is InChI=1S/C13H16Br2N2O2/c14-10-2-1-3-11(15)13(10)19-9-4-12(18)17-7-5-16-6-8-17/h1-3,16H,4-9H2. The lowest BCUT2D eigenvalue weighted by Gasteiger charge is -2.27. The molecule has 6 heteroatoms. The number of para-hydroxylation sites is 1. The van der Waals surface area contributed by atoms with Gasteiger partial charge in [-0.1, -0.05) is 6.07 Å². The van der Waals surface area contributed by atoms with E-state index in [0.29, 0.717) is 13.0 Å². The van der Waals surface area contributed by atoms with Crippen molar-refractivity contribution in [3.05, 3.63) is 27.1 Å². The number of hydrogen-bond donors (Lipinski definition) is 1. The Labute approximate surface area is 129 Å². The molecule has 4 nitrogen and oxygen atoms in total. The number of amides is 1. The molecule has 1 heterocycles. The average Bonchev–Trinajstić information content (AvgIpc) is 2.43. The van der Waals surface area contributed by atoms with Gasteiger partial charge in [0.1, 0.15) is 5.75 Å². The van der Waals surface area contributed by atoms with Crippen molar-refractivity contribution in [1.82, 2.24) is 10.2 Å². The highest BCUT2D eigenvalue weighted by molar-refractivity contribution is 9.11. The van der Waals surface area contributed by atoms with Gasteiger partial charge in [0.05, 0.1) is 22.0 Å². The van der Waals surface area contributed by atoms with Crippen molar-refractivity contribution < 1.29 is 9.53 Å². The molecule has 19 heavy (non-hydrogen) atoms. The minimum atomic E-state index is 0.157. The molecule has 1 amide bonds. The molecule has 104 valence electrons. The summed E-state index contributed by atoms with van der Waals surface area (Å²) in [4.78, 5) is 13.8. The normalized spacial score (nSPS) is 15.4. The Balaban J connectivity index is 1.81. The number of ether oxygens (including phenoxy) is 1. The maximum absolute atomic E-state index is 12.0. The number of carbonyl (C=O) groups is 1. The Hall–Kier alpha value is -0.590. The minimum absolute atomic E-state index is 0.157. The zero-order chi connectivity index (χ0) is 13.7. The minimum Gasteiger partial charge on any atom is -0.491 e. The van der Waals surface area contributed by atoms with Crippen LogP contribution < -0.4 is 10.1 Å². The Kier molecular flexibility index (Phi) is 5.66. The zero-order valence-electron chi connectivity index (χ0n) is 10.5. The van der Waals surface area contributed by atoms with Crippen LogP contribution in [0.25, 0.3) is 0 Å². The summed E-state index contributed by atoms with van der Waals surface area (Å²) in [5, 5.41) is 3.23. The van der Waals surface area contributed by atoms with Crippen LogP contribution in [0.4, 0.5) is 0 Å². The highest BCUT2D eigenvalue weighted by Gasteiger charge is 2.16. The predicted molar refractivity (Wildman–Crippen MR) is 81.4 cm³/mol. The van der Waals surface area contributed by atoms with E-state index in [2.05, 4.69) is 37.2 Å². The molecule has 0 saturated carbocycles. The Morgan fingerprint density at radius 3 is 2.53 bits per heavy atom. The van der Waals surface area contributed by atoms with Gasteiger partial charge in [-0.05, 0) is 44.0 Å². The summed E-state index contributed by atoms with van der Waals surface area (Å²) in [5.74, 6) is 0.903. The summed E-state index contributed by atoms with van der Waals surface area (Å²) in [7, 11) is 0. The van der Waals surface area contributed by atoms with Gasteiger partial charge in [0.2, 0.25) is 5.91 Å². The lowest BCUT2D eigenvalue weighted by atomic mass is 10.3. The third kappa shape index (κ3) is 4.19. The SMILES string of the molecule is O=C(CCOc1c(Br)cccc1Br)N1CCNCC1. The van der Waals surface area contributed by atoms with E-state index in [4.69, 9.17) is 4.74 Å². The summed E-state index contributed by atoms with van der Waals surface area (Å²) in [6.45, 7) is 3.73. The summed E-state index contributed by atoms with van der Waals surface area (Å²) in [6.07, 6.45) is 0.410. The number of carbonyl (C=O) groups excluding carboxylic acids is 1. The van der Waals surface area contributed by atoms with Gasteiger partial charge in [-0.15, -0.1) is 0 Å². The van der Waals surface area contributed by atoms with Crippen LogP contribution in [0.3, 0.4) is 0 Å². The zero-order valence-corrected chi connectivity index (χ0v) is 13.7. The van der Waals surface area contributed by atoms with Crippen molar-refractivity contribution in [2.75, 3.05) is 32.8 Å². The monoisotopic (exact) mass is 390 g/mol. The van der Waals surface area contributed by atoms with Gasteiger partial charge in [0.15, 0.2) is 0 Å². The van der Waals surface area contributed by atoms with Crippen LogP contribution >= 0.6 is 31.9 Å². The summed E-state index contributed by atoms with van der Waals surface area (Å²) < 4.78 is 7.44. The molecule has 1 N–H and O–H groups in total. The number of halogens is 2. The van der Waals surface area contributed by atoms with Crippen molar-refractivity contribution >= 4 is 37.8 Å². The summed E-state index contributed by atoms with van der Waals surface area (Å²) in [6, 6.07) is 5.75. The smallest absolute Gasteiger partial charge is 0.226 e. The maximum atomic E-state index is 12.0. The number of hydrogen-bond acceptors (Lipinski definition) is 3. The molecule has 0 aliphatic carbocycles. The first kappa shape index (κ1) is 14.8. The molecule has 1 saturated heterocycles. The highest BCUT2D eigenvalue weighted by atomic mass is 79.9. The molecule has 0 radical (unpaired) electrons. The Morgan fingerprint density at radius 1 is 1.26 bits per heavy atom. The second kappa shape index (κ2) is 7.26. The molecule has 1 aliphatic rings. The van der Waals surface area contributed by atoms with E-state index in [1.54, 1.807) is 0 Å². The molecule has 0 atom stereocenters. The van der Waals surface area contributed by atoms with Gasteiger partial charge < -0.3 is 15.0 Å². The van der Waals surface area contributed by atoms with Crippen molar-refractivity contribution in [2.24, 2.45) is 0 Å². The first-order chi connectivity index (χ1) is 9.18. The third-order valence-corrected chi connectivity index (χ3v) is 4.20. The number of rotatable bonds is 4. The molecular weight excluding hydrogens is 376 g/mol. The second-order valence-electron chi connectivity index (χ2n) is 4.28. The lowest BCUT2D eigenvalue weighted by Crippen LogP contribution is -2.46. The largest absolute Gasteiger partial charge is 0.491 e. The van der Waals surface area contributed by atoms with Gasteiger partial charge in [-0.3, -0.25) is 4.79 Å². The van der Waals surface area contributed by atoms with Crippen LogP contribution in [-0.4, -0.2) is 43.6 Å². The van der Waals surface area contributed by atoms with Gasteiger partial charge in [-0.2, -0.15) is 0 Å². The third-order valence-electron chi connectivity index (χ3n) is 2.95. The van der Waals surface area contributed by atoms with Crippen LogP contribution in [0.15, 0.2) is 27.1 Å². The maximum Gasteiger partial charge on any atom is 0.226 e. The number of piperazine rings is 1. The predicted octanol–water partition coefficient (Wildman–Crippen LogP) is 2.41. The van der Waals surface area contributed by atoms with Crippen molar-refractivity contribution in [2.45, 2.75) is 6.42 Å². The second-order valence-corrected chi connectivity index (χ2v) is 5.99. The van der Waals surface area contributed by atoms with E-state index in [1.807, 2.05) is 23.1 Å². The van der Waals surface area contributed by atoms with Crippen molar-refractivity contribution in [3.8, 4) is 5.75 Å². The average molecular weight is 392 g/mol. The molecule has 2 rings (SSSR count). The molecular formula is C13H16Br2N2O2. The summed E-state index contributed by atoms with van der Waals surface area (Å²) >= 11 is 6.86. The molecule has 1 aliphatic heterocycles. The fraction of sp³-hybridized carbons (Fsp3) is 0.462. The van der Waals surface area contributed by atoms with Crippen molar-refractivity contribution in [1.29, 1.82) is 0 Å². The Morgan fingerprint density at radius 2 is 1.89 bits per heavy atom. The van der Waals surface area contributed by atoms with E-state index in [9.17, 15) is 4.79 Å². The van der Waals surface area contributed by atoms with Gasteiger partial charge in [0, 0.05) is 26.2 Å². The number of benzene rings is 1. The molecule has 0 aromatic heterocycles. The van der Waals surface area contributed by atoms with E-state index in [0.717, 1.165) is 40.9 Å². The molecule has 1 fully saturated rings. The topological polar surface area (TPSA) is 41.6 Å². The Bertz CT molecular complexity index is 428. The highest BCUT2D eigenvalue weighted by Crippen LogP contribution is 2.32. The van der Waals surface area contributed by atoms with Crippen LogP contribution in [0.2, 0.25) is 0 Å². The quantitative estimate of drug-likeness (QED) is 0.856. The fourth-order valence-electron chi connectivity index (χ4n) is 1.93. The first-order valence-electron chi connectivity index (χ1n) is 6.24. The van der Waals surface area contributed by atoms with E-state index in [-0.39, 0.29) is 5.91 Å². The van der Waals surface area contributed by atoms with Gasteiger partial charge in [-0.25, -0.2) is 0 Å². The van der Waals surface area contributed by atoms with E-state index in [1.165, 1.54) is 0 Å². The molecule has 0 spiro atoms. The molecule has 1 aromatic carbocycles. The molecule has 1 aromatic rings. The van der Waals surface area contributed by atoms with Crippen LogP contribution in [-0.2, 0) is 4.79 Å². The van der Waals surface area contributed by atoms with E-state index >= 15 is 0 Å². The summed E-state index contributed by atoms with van der Waals surface area (Å²) in [5.41, 5.74) is 0. The number of nitrogens with one attached hydrogen (secondary N) is 1. The van der Waals surface area contributed by atoms with Crippen LogP contribution in [0.5, 0.6) is 5.75 Å². The fourth-order valence-corrected chi connectivity index (χ4v) is 3.16. The van der Waals surface area contributed by atoms with Crippen LogP contribution in [0.1, 0.15) is 6.42 Å².